The fourth-order valence-corrected chi connectivity index (χ4v) is 4.03. The lowest BCUT2D eigenvalue weighted by Crippen LogP contribution is -2.35. The molecule has 3 aromatic rings. The number of carbonyl (C=O) groups is 1. The Hall–Kier alpha value is -3.55. The van der Waals surface area contributed by atoms with Gasteiger partial charge < -0.3 is 19.4 Å². The minimum Gasteiger partial charge on any atom is -0.454 e. The Kier molecular flexibility index (Phi) is 5.19. The molecule has 0 saturated heterocycles. The van der Waals surface area contributed by atoms with Gasteiger partial charge in [0.1, 0.15) is 5.82 Å². The zero-order valence-corrected chi connectivity index (χ0v) is 17.5. The van der Waals surface area contributed by atoms with E-state index in [0.29, 0.717) is 23.7 Å². The number of fused-ring (bicyclic) bond motifs is 2. The van der Waals surface area contributed by atoms with Crippen LogP contribution in [0.5, 0.6) is 11.5 Å². The van der Waals surface area contributed by atoms with Gasteiger partial charge in [-0.2, -0.15) is 0 Å². The zero-order chi connectivity index (χ0) is 21.2. The van der Waals surface area contributed by atoms with Gasteiger partial charge in [-0.1, -0.05) is 24.6 Å². The second-order valence-corrected chi connectivity index (χ2v) is 7.86. The van der Waals surface area contributed by atoms with Crippen LogP contribution in [0.1, 0.15) is 36.5 Å². The monoisotopic (exact) mass is 419 g/mol. The predicted molar refractivity (Wildman–Crippen MR) is 117 cm³/mol. The molecule has 1 N–H and O–H groups in total. The summed E-state index contributed by atoms with van der Waals surface area (Å²) >= 11 is 0. The molecule has 0 aliphatic carbocycles. The number of nitrogens with one attached hydrogen (secondary N) is 1. The molecule has 2 amide bonds. The maximum absolute atomic E-state index is 13.4. The van der Waals surface area contributed by atoms with Gasteiger partial charge in [-0.05, 0) is 43.5 Å². The van der Waals surface area contributed by atoms with Crippen molar-refractivity contribution in [2.75, 3.05) is 17.0 Å². The van der Waals surface area contributed by atoms with Crippen molar-refractivity contribution in [1.29, 1.82) is 0 Å². The molecule has 2 aliphatic heterocycles. The molecule has 0 fully saturated rings. The Bertz CT molecular complexity index is 1110. The molecule has 1 aromatic heterocycles. The lowest BCUT2D eigenvalue weighted by molar-refractivity contribution is 0.174. The first kappa shape index (κ1) is 19.4. The summed E-state index contributed by atoms with van der Waals surface area (Å²) in [6.45, 7) is 3.35. The van der Waals surface area contributed by atoms with Crippen molar-refractivity contribution >= 4 is 17.4 Å². The highest BCUT2D eigenvalue weighted by Crippen LogP contribution is 2.36. The summed E-state index contributed by atoms with van der Waals surface area (Å²) in [6.07, 6.45) is 4.32. The van der Waals surface area contributed by atoms with Crippen molar-refractivity contribution < 1.29 is 14.3 Å². The molecule has 3 heterocycles. The van der Waals surface area contributed by atoms with Crippen molar-refractivity contribution in [2.45, 2.75) is 45.7 Å². The Morgan fingerprint density at radius 3 is 2.87 bits per heavy atom. The topological polar surface area (TPSA) is 81.5 Å². The van der Waals surface area contributed by atoms with Crippen molar-refractivity contribution in [3.05, 3.63) is 59.7 Å². The summed E-state index contributed by atoms with van der Waals surface area (Å²) in [4.78, 5) is 15.1. The Morgan fingerprint density at radius 2 is 1.97 bits per heavy atom. The third kappa shape index (κ3) is 3.93. The molecule has 0 radical (unpaired) electrons. The van der Waals surface area contributed by atoms with Crippen LogP contribution in [-0.2, 0) is 19.5 Å². The van der Waals surface area contributed by atoms with Gasteiger partial charge >= 0.3 is 6.03 Å². The largest absolute Gasteiger partial charge is 0.454 e. The van der Waals surface area contributed by atoms with Crippen molar-refractivity contribution in [3.8, 4) is 11.5 Å². The number of amides is 2. The number of nitrogens with zero attached hydrogens (tertiary/aromatic N) is 4. The standard InChI is InChI=1S/C23H25N5O3/c1-16-7-4-5-8-18(16)24-23(29)28(17-10-11-19-20(13-17)31-15-30-19)14-22-26-25-21-9-3-2-6-12-27(21)22/h4-5,7-8,10-11,13H,2-3,6,9,12,14-15H2,1H3,(H,24,29). The Labute approximate surface area is 180 Å². The highest BCUT2D eigenvalue weighted by atomic mass is 16.7. The first-order valence-electron chi connectivity index (χ1n) is 10.6. The van der Waals surface area contributed by atoms with Gasteiger partial charge in [0.15, 0.2) is 17.3 Å². The number of hydrogen-bond donors (Lipinski definition) is 1. The number of ether oxygens (including phenoxy) is 2. The van der Waals surface area contributed by atoms with E-state index < -0.39 is 0 Å². The molecule has 5 rings (SSSR count). The van der Waals surface area contributed by atoms with Gasteiger partial charge in [-0.15, -0.1) is 10.2 Å². The van der Waals surface area contributed by atoms with E-state index in [9.17, 15) is 4.79 Å². The summed E-state index contributed by atoms with van der Waals surface area (Å²) < 4.78 is 13.1. The summed E-state index contributed by atoms with van der Waals surface area (Å²) in [6, 6.07) is 13.0. The number of hydrogen-bond acceptors (Lipinski definition) is 5. The van der Waals surface area contributed by atoms with Crippen LogP contribution in [0.2, 0.25) is 0 Å². The number of aryl methyl sites for hydroxylation is 2. The molecule has 160 valence electrons. The SMILES string of the molecule is Cc1ccccc1NC(=O)N(Cc1nnc2n1CCCCC2)c1ccc2c(c1)OCO2. The van der Waals surface area contributed by atoms with Crippen LogP contribution in [-0.4, -0.2) is 27.6 Å². The van der Waals surface area contributed by atoms with E-state index in [-0.39, 0.29) is 12.8 Å². The van der Waals surface area contributed by atoms with Crippen LogP contribution in [0.15, 0.2) is 42.5 Å². The average molecular weight is 419 g/mol. The second kappa shape index (κ2) is 8.29. The Morgan fingerprint density at radius 1 is 1.10 bits per heavy atom. The number of aromatic nitrogens is 3. The van der Waals surface area contributed by atoms with Crippen LogP contribution in [0, 0.1) is 6.92 Å². The number of para-hydroxylation sites is 1. The molecule has 2 aliphatic rings. The van der Waals surface area contributed by atoms with E-state index in [1.807, 2.05) is 49.4 Å². The normalized spacial score (nSPS) is 14.6. The lowest BCUT2D eigenvalue weighted by atomic mass is 10.2. The zero-order valence-electron chi connectivity index (χ0n) is 17.5. The third-order valence-corrected chi connectivity index (χ3v) is 5.79. The van der Waals surface area contributed by atoms with Crippen LogP contribution in [0.25, 0.3) is 0 Å². The molecule has 8 nitrogen and oxygen atoms in total. The quantitative estimate of drug-likeness (QED) is 0.683. The molecular weight excluding hydrogens is 394 g/mol. The summed E-state index contributed by atoms with van der Waals surface area (Å²) in [7, 11) is 0. The van der Waals surface area contributed by atoms with Crippen molar-refractivity contribution in [1.82, 2.24) is 14.8 Å². The smallest absolute Gasteiger partial charge is 0.326 e. The minimum absolute atomic E-state index is 0.186. The lowest BCUT2D eigenvalue weighted by Gasteiger charge is -2.24. The number of carbonyl (C=O) groups excluding carboxylic acids is 1. The van der Waals surface area contributed by atoms with E-state index in [0.717, 1.165) is 48.7 Å². The van der Waals surface area contributed by atoms with Gasteiger partial charge in [0.2, 0.25) is 6.79 Å². The molecule has 0 atom stereocenters. The first-order chi connectivity index (χ1) is 15.2. The van der Waals surface area contributed by atoms with Crippen LogP contribution in [0.3, 0.4) is 0 Å². The highest BCUT2D eigenvalue weighted by molar-refractivity contribution is 6.02. The molecular formula is C23H25N5O3. The van der Waals surface area contributed by atoms with Crippen LogP contribution >= 0.6 is 0 Å². The van der Waals surface area contributed by atoms with E-state index in [1.54, 1.807) is 4.90 Å². The van der Waals surface area contributed by atoms with Crippen LogP contribution in [0.4, 0.5) is 16.2 Å². The first-order valence-corrected chi connectivity index (χ1v) is 10.6. The van der Waals surface area contributed by atoms with Crippen molar-refractivity contribution in [2.24, 2.45) is 0 Å². The van der Waals surface area contributed by atoms with Gasteiger partial charge in [0.05, 0.1) is 6.54 Å². The van der Waals surface area contributed by atoms with E-state index in [1.165, 1.54) is 6.42 Å². The molecule has 2 aromatic carbocycles. The molecule has 8 heteroatoms. The summed E-state index contributed by atoms with van der Waals surface area (Å²) in [5, 5.41) is 11.8. The average Bonchev–Trinajstić information content (AvgIpc) is 3.33. The fourth-order valence-electron chi connectivity index (χ4n) is 4.03. The fraction of sp³-hybridized carbons (Fsp3) is 0.348. The van der Waals surface area contributed by atoms with Gasteiger partial charge in [-0.25, -0.2) is 4.79 Å². The Balaban J connectivity index is 1.48. The van der Waals surface area contributed by atoms with Crippen LogP contribution < -0.4 is 19.7 Å². The highest BCUT2D eigenvalue weighted by Gasteiger charge is 2.24. The second-order valence-electron chi connectivity index (χ2n) is 7.86. The summed E-state index contributed by atoms with van der Waals surface area (Å²) in [5.41, 5.74) is 2.48. The van der Waals surface area contributed by atoms with Gasteiger partial charge in [-0.3, -0.25) is 4.90 Å². The third-order valence-electron chi connectivity index (χ3n) is 5.79. The molecule has 0 spiro atoms. The van der Waals surface area contributed by atoms with E-state index in [2.05, 4.69) is 20.1 Å². The molecule has 0 unspecified atom stereocenters. The number of rotatable bonds is 4. The maximum Gasteiger partial charge on any atom is 0.326 e. The van der Waals surface area contributed by atoms with E-state index >= 15 is 0 Å². The number of urea groups is 1. The molecule has 31 heavy (non-hydrogen) atoms. The van der Waals surface area contributed by atoms with Gasteiger partial charge in [0, 0.05) is 30.4 Å². The molecule has 0 bridgehead atoms. The molecule has 0 saturated carbocycles. The number of benzene rings is 2. The van der Waals surface area contributed by atoms with Crippen molar-refractivity contribution in [3.63, 3.8) is 0 Å². The minimum atomic E-state index is -0.237. The van der Waals surface area contributed by atoms with Gasteiger partial charge in [0.25, 0.3) is 0 Å². The summed E-state index contributed by atoms with van der Waals surface area (Å²) in [5.74, 6) is 3.09. The number of anilines is 2. The van der Waals surface area contributed by atoms with E-state index in [4.69, 9.17) is 9.47 Å². The predicted octanol–water partition coefficient (Wildman–Crippen LogP) is 4.28. The maximum atomic E-state index is 13.4.